The highest BCUT2D eigenvalue weighted by atomic mass is 32.1. The van der Waals surface area contributed by atoms with Gasteiger partial charge in [0, 0.05) is 17.5 Å². The summed E-state index contributed by atoms with van der Waals surface area (Å²) in [5.74, 6) is 5.45. The van der Waals surface area contributed by atoms with Gasteiger partial charge in [0.25, 0.3) is 0 Å². The molecule has 2 nitrogen and oxygen atoms in total. The van der Waals surface area contributed by atoms with Crippen LogP contribution in [0.1, 0.15) is 22.9 Å². The number of anilines is 1. The lowest BCUT2D eigenvalue weighted by atomic mass is 10.0. The van der Waals surface area contributed by atoms with Gasteiger partial charge in [-0.1, -0.05) is 25.1 Å². The summed E-state index contributed by atoms with van der Waals surface area (Å²) in [4.78, 5) is 1.14. The van der Waals surface area contributed by atoms with E-state index in [4.69, 9.17) is 5.84 Å². The topological polar surface area (TPSA) is 29.3 Å². The summed E-state index contributed by atoms with van der Waals surface area (Å²) in [6.07, 6.45) is 4.77. The molecule has 0 saturated carbocycles. The second-order valence-corrected chi connectivity index (χ2v) is 5.26. The van der Waals surface area contributed by atoms with Gasteiger partial charge in [-0.3, -0.25) is 0 Å². The molecule has 1 aromatic carbocycles. The van der Waals surface area contributed by atoms with Crippen LogP contribution in [0.25, 0.3) is 12.2 Å². The molecule has 2 N–H and O–H groups in total. The molecule has 1 aromatic heterocycles. The number of hydrogen-bond donors (Lipinski definition) is 1. The number of rotatable bonds is 4. The van der Waals surface area contributed by atoms with Gasteiger partial charge in [0.15, 0.2) is 0 Å². The quantitative estimate of drug-likeness (QED) is 0.677. The van der Waals surface area contributed by atoms with Gasteiger partial charge < -0.3 is 5.01 Å². The van der Waals surface area contributed by atoms with Crippen molar-refractivity contribution in [2.45, 2.75) is 13.3 Å². The van der Waals surface area contributed by atoms with Crippen molar-refractivity contribution in [3.05, 3.63) is 51.5 Å². The maximum absolute atomic E-state index is 13.9. The first-order valence-electron chi connectivity index (χ1n) is 6.15. The van der Waals surface area contributed by atoms with Crippen LogP contribution in [-0.2, 0) is 6.42 Å². The van der Waals surface area contributed by atoms with E-state index in [1.165, 1.54) is 11.1 Å². The molecule has 0 spiro atoms. The molecule has 0 aliphatic rings. The minimum atomic E-state index is -0.298. The first-order valence-corrected chi connectivity index (χ1v) is 7.02. The third-order valence-corrected chi connectivity index (χ3v) is 3.79. The maximum atomic E-state index is 13.9. The van der Waals surface area contributed by atoms with Gasteiger partial charge in [-0.25, -0.2) is 10.2 Å². The van der Waals surface area contributed by atoms with Crippen molar-refractivity contribution >= 4 is 29.2 Å². The van der Waals surface area contributed by atoms with Crippen molar-refractivity contribution in [3.8, 4) is 0 Å². The van der Waals surface area contributed by atoms with E-state index < -0.39 is 0 Å². The van der Waals surface area contributed by atoms with E-state index in [0.29, 0.717) is 5.69 Å². The monoisotopic (exact) mass is 276 g/mol. The zero-order chi connectivity index (χ0) is 13.8. The molecule has 0 aliphatic heterocycles. The largest absolute Gasteiger partial charge is 0.311 e. The SMILES string of the molecule is CCc1ccc(F)c(N(C)N)c1/C=C/c1cccs1. The molecule has 0 saturated heterocycles. The Balaban J connectivity index is 2.50. The van der Waals surface area contributed by atoms with Crippen molar-refractivity contribution < 1.29 is 4.39 Å². The smallest absolute Gasteiger partial charge is 0.148 e. The normalized spacial score (nSPS) is 11.2. The molecule has 4 heteroatoms. The van der Waals surface area contributed by atoms with Gasteiger partial charge in [-0.15, -0.1) is 11.3 Å². The number of thiophene rings is 1. The number of nitrogens with zero attached hydrogens (tertiary/aromatic N) is 1. The summed E-state index contributed by atoms with van der Waals surface area (Å²) in [7, 11) is 1.65. The first-order chi connectivity index (χ1) is 9.13. The summed E-state index contributed by atoms with van der Waals surface area (Å²) in [6.45, 7) is 2.05. The number of aryl methyl sites for hydroxylation is 1. The van der Waals surface area contributed by atoms with Crippen LogP contribution in [0.5, 0.6) is 0 Å². The Morgan fingerprint density at radius 3 is 2.68 bits per heavy atom. The van der Waals surface area contributed by atoms with Gasteiger partial charge in [0.1, 0.15) is 5.82 Å². The average Bonchev–Trinajstić information content (AvgIpc) is 2.88. The summed E-state index contributed by atoms with van der Waals surface area (Å²) < 4.78 is 13.9. The lowest BCUT2D eigenvalue weighted by molar-refractivity contribution is 0.623. The summed E-state index contributed by atoms with van der Waals surface area (Å²) in [6, 6.07) is 7.31. The predicted molar refractivity (Wildman–Crippen MR) is 81.6 cm³/mol. The predicted octanol–water partition coefficient (Wildman–Crippen LogP) is 3.93. The number of benzene rings is 1. The molecule has 19 heavy (non-hydrogen) atoms. The highest BCUT2D eigenvalue weighted by Crippen LogP contribution is 2.28. The highest BCUT2D eigenvalue weighted by molar-refractivity contribution is 7.10. The molecule has 0 unspecified atom stereocenters. The zero-order valence-electron chi connectivity index (χ0n) is 11.1. The van der Waals surface area contributed by atoms with Gasteiger partial charge in [-0.05, 0) is 35.6 Å². The molecule has 0 amide bonds. The van der Waals surface area contributed by atoms with E-state index in [0.717, 1.165) is 22.4 Å². The molecule has 0 atom stereocenters. The van der Waals surface area contributed by atoms with Crippen LogP contribution in [0.4, 0.5) is 10.1 Å². The molecule has 0 fully saturated rings. The molecule has 0 aliphatic carbocycles. The summed E-state index contributed by atoms with van der Waals surface area (Å²) in [5, 5.41) is 3.35. The Hall–Kier alpha value is -1.65. The molecule has 0 radical (unpaired) electrons. The molecular weight excluding hydrogens is 259 g/mol. The molecule has 2 rings (SSSR count). The highest BCUT2D eigenvalue weighted by Gasteiger charge is 2.12. The van der Waals surface area contributed by atoms with Gasteiger partial charge in [0.05, 0.1) is 5.69 Å². The average molecular weight is 276 g/mol. The van der Waals surface area contributed by atoms with E-state index in [-0.39, 0.29) is 5.82 Å². The minimum Gasteiger partial charge on any atom is -0.311 e. The fourth-order valence-electron chi connectivity index (χ4n) is 2.03. The van der Waals surface area contributed by atoms with Crippen molar-refractivity contribution in [2.24, 2.45) is 5.84 Å². The Morgan fingerprint density at radius 2 is 2.11 bits per heavy atom. The van der Waals surface area contributed by atoms with Crippen LogP contribution in [0.3, 0.4) is 0 Å². The minimum absolute atomic E-state index is 0.298. The van der Waals surface area contributed by atoms with Crippen molar-refractivity contribution in [1.29, 1.82) is 0 Å². The number of hydrogen-bond acceptors (Lipinski definition) is 3. The Kier molecular flexibility index (Phi) is 4.35. The lowest BCUT2D eigenvalue weighted by Crippen LogP contribution is -2.27. The Bertz CT molecular complexity index is 574. The van der Waals surface area contributed by atoms with Crippen LogP contribution >= 0.6 is 11.3 Å². The van der Waals surface area contributed by atoms with Crippen molar-refractivity contribution in [1.82, 2.24) is 0 Å². The zero-order valence-corrected chi connectivity index (χ0v) is 11.9. The number of halogens is 1. The van der Waals surface area contributed by atoms with Crippen molar-refractivity contribution in [3.63, 3.8) is 0 Å². The first kappa shape index (κ1) is 13.8. The van der Waals surface area contributed by atoms with E-state index in [1.807, 2.05) is 35.7 Å². The number of nitrogens with two attached hydrogens (primary N) is 1. The summed E-state index contributed by atoms with van der Waals surface area (Å²) in [5.41, 5.74) is 2.37. The van der Waals surface area contributed by atoms with Gasteiger partial charge in [0.2, 0.25) is 0 Å². The van der Waals surface area contributed by atoms with Crippen LogP contribution < -0.4 is 10.9 Å². The standard InChI is InChI=1S/C15H17FN2S/c1-3-11-6-9-14(16)15(18(2)17)13(11)8-7-12-5-4-10-19-12/h4-10H,3,17H2,1-2H3/b8-7+. The third kappa shape index (κ3) is 3.03. The van der Waals surface area contributed by atoms with Crippen molar-refractivity contribution in [2.75, 3.05) is 12.1 Å². The third-order valence-electron chi connectivity index (χ3n) is 2.95. The van der Waals surface area contributed by atoms with Crippen LogP contribution in [-0.4, -0.2) is 7.05 Å². The number of hydrazine groups is 1. The molecule has 2 aromatic rings. The van der Waals surface area contributed by atoms with Gasteiger partial charge in [-0.2, -0.15) is 0 Å². The van der Waals surface area contributed by atoms with Crippen LogP contribution in [0, 0.1) is 5.82 Å². The Morgan fingerprint density at radius 1 is 1.32 bits per heavy atom. The fraction of sp³-hybridized carbons (Fsp3) is 0.200. The van der Waals surface area contributed by atoms with E-state index >= 15 is 0 Å². The summed E-state index contributed by atoms with van der Waals surface area (Å²) >= 11 is 1.65. The lowest BCUT2D eigenvalue weighted by Gasteiger charge is -2.18. The Labute approximate surface area is 116 Å². The van der Waals surface area contributed by atoms with E-state index in [9.17, 15) is 4.39 Å². The second-order valence-electron chi connectivity index (χ2n) is 4.28. The fourth-order valence-corrected chi connectivity index (χ4v) is 2.65. The second kappa shape index (κ2) is 5.99. The molecule has 1 heterocycles. The van der Waals surface area contributed by atoms with E-state index in [1.54, 1.807) is 18.4 Å². The maximum Gasteiger partial charge on any atom is 0.148 e. The van der Waals surface area contributed by atoms with E-state index in [2.05, 4.69) is 6.92 Å². The molecular formula is C15H17FN2S. The molecule has 100 valence electrons. The van der Waals surface area contributed by atoms with Crippen LogP contribution in [0.2, 0.25) is 0 Å². The van der Waals surface area contributed by atoms with Gasteiger partial charge >= 0.3 is 0 Å². The molecule has 0 bridgehead atoms. The van der Waals surface area contributed by atoms with Crippen LogP contribution in [0.15, 0.2) is 29.6 Å².